The van der Waals surface area contributed by atoms with Crippen LogP contribution in [0.4, 0.5) is 4.79 Å². The fourth-order valence-corrected chi connectivity index (χ4v) is 1.42. The molecule has 1 rings (SSSR count). The Labute approximate surface area is 119 Å². The predicted octanol–water partition coefficient (Wildman–Crippen LogP) is 2.50. The number of benzene rings is 1. The minimum Gasteiger partial charge on any atom is -0.445 e. The van der Waals surface area contributed by atoms with E-state index in [0.29, 0.717) is 0 Å². The summed E-state index contributed by atoms with van der Waals surface area (Å²) >= 11 is 0. The Morgan fingerprint density at radius 3 is 2.60 bits per heavy atom. The monoisotopic (exact) mass is 279 g/mol. The molecule has 0 bridgehead atoms. The number of carbonyl (C=O) groups excluding carboxylic acids is 2. The fourth-order valence-electron chi connectivity index (χ4n) is 1.42. The lowest BCUT2D eigenvalue weighted by Gasteiger charge is -2.26. The molecular formula is C15H21NO4. The highest BCUT2D eigenvalue weighted by Crippen LogP contribution is 2.08. The highest BCUT2D eigenvalue weighted by atomic mass is 16.6. The van der Waals surface area contributed by atoms with Crippen LogP contribution < -0.4 is 5.32 Å². The van der Waals surface area contributed by atoms with Crippen LogP contribution in [-0.2, 0) is 20.9 Å². The average Bonchev–Trinajstić information content (AvgIpc) is 2.43. The zero-order chi connectivity index (χ0) is 15.0. The van der Waals surface area contributed by atoms with E-state index in [9.17, 15) is 9.59 Å². The first kappa shape index (κ1) is 16.2. The third kappa shape index (κ3) is 6.33. The number of hydrogen-bond donors (Lipinski definition) is 1. The molecule has 0 aliphatic heterocycles. The summed E-state index contributed by atoms with van der Waals surface area (Å²) in [6, 6.07) is 9.41. The smallest absolute Gasteiger partial charge is 0.409 e. The first-order chi connectivity index (χ1) is 9.43. The van der Waals surface area contributed by atoms with Crippen molar-refractivity contribution in [2.75, 3.05) is 6.61 Å². The molecule has 0 radical (unpaired) electrons. The molecule has 1 amide bonds. The van der Waals surface area contributed by atoms with Gasteiger partial charge in [0.25, 0.3) is 0 Å². The van der Waals surface area contributed by atoms with Crippen LogP contribution in [0.25, 0.3) is 0 Å². The molecular weight excluding hydrogens is 258 g/mol. The molecule has 1 aromatic carbocycles. The zero-order valence-corrected chi connectivity index (χ0v) is 12.1. The minimum atomic E-state index is -0.884. The Morgan fingerprint density at radius 1 is 1.35 bits per heavy atom. The summed E-state index contributed by atoms with van der Waals surface area (Å²) in [5.74, 6) is -0.212. The molecule has 1 atom stereocenters. The van der Waals surface area contributed by atoms with Gasteiger partial charge in [0.05, 0.1) is 6.61 Å². The van der Waals surface area contributed by atoms with E-state index < -0.39 is 11.8 Å². The summed E-state index contributed by atoms with van der Waals surface area (Å²) in [4.78, 5) is 22.2. The van der Waals surface area contributed by atoms with Crippen molar-refractivity contribution < 1.29 is 19.1 Å². The molecule has 0 aliphatic carbocycles. The standard InChI is InChI=1S/C15H21NO4/c1-12(9-17)10-20-15(2,3)16-14(18)19-11-13-7-5-4-6-8-13/h4-9,12H,10-11H2,1-3H3,(H,16,18)/t12-/m0/s1. The third-order valence-electron chi connectivity index (χ3n) is 2.56. The fraction of sp³-hybridized carbons (Fsp3) is 0.467. The Morgan fingerprint density at radius 2 is 2.00 bits per heavy atom. The van der Waals surface area contributed by atoms with Crippen LogP contribution in [0.2, 0.25) is 0 Å². The van der Waals surface area contributed by atoms with Crippen LogP contribution in [0.5, 0.6) is 0 Å². The molecule has 5 heteroatoms. The van der Waals surface area contributed by atoms with Gasteiger partial charge < -0.3 is 14.3 Å². The van der Waals surface area contributed by atoms with Crippen molar-refractivity contribution in [2.24, 2.45) is 5.92 Å². The lowest BCUT2D eigenvalue weighted by molar-refractivity contribution is -0.115. The molecule has 0 saturated heterocycles. The Balaban J connectivity index is 2.35. The van der Waals surface area contributed by atoms with Gasteiger partial charge in [0.2, 0.25) is 0 Å². The van der Waals surface area contributed by atoms with Gasteiger partial charge >= 0.3 is 6.09 Å². The van der Waals surface area contributed by atoms with E-state index in [1.54, 1.807) is 20.8 Å². The van der Waals surface area contributed by atoms with Crippen molar-refractivity contribution >= 4 is 12.4 Å². The van der Waals surface area contributed by atoms with Crippen molar-refractivity contribution in [1.29, 1.82) is 0 Å². The summed E-state index contributed by atoms with van der Waals surface area (Å²) in [5.41, 5.74) is 0.0290. The number of nitrogens with one attached hydrogen (secondary N) is 1. The quantitative estimate of drug-likeness (QED) is 0.615. The number of rotatable bonds is 7. The van der Waals surface area contributed by atoms with E-state index in [-0.39, 0.29) is 19.1 Å². The topological polar surface area (TPSA) is 64.6 Å². The first-order valence-electron chi connectivity index (χ1n) is 6.51. The van der Waals surface area contributed by atoms with Crippen LogP contribution in [0.3, 0.4) is 0 Å². The molecule has 0 spiro atoms. The van der Waals surface area contributed by atoms with E-state index in [1.807, 2.05) is 30.3 Å². The van der Waals surface area contributed by atoms with Gasteiger partial charge in [-0.15, -0.1) is 0 Å². The number of amides is 1. The molecule has 0 aliphatic rings. The largest absolute Gasteiger partial charge is 0.445 e. The van der Waals surface area contributed by atoms with Crippen LogP contribution in [0.1, 0.15) is 26.3 Å². The highest BCUT2D eigenvalue weighted by Gasteiger charge is 2.22. The maximum atomic E-state index is 11.7. The summed E-state index contributed by atoms with van der Waals surface area (Å²) in [7, 11) is 0. The van der Waals surface area contributed by atoms with Gasteiger partial charge in [-0.3, -0.25) is 5.32 Å². The Kier molecular flexibility index (Phi) is 6.18. The minimum absolute atomic E-state index is 0.202. The maximum absolute atomic E-state index is 11.7. The van der Waals surface area contributed by atoms with Crippen molar-refractivity contribution in [3.05, 3.63) is 35.9 Å². The van der Waals surface area contributed by atoms with E-state index in [2.05, 4.69) is 5.32 Å². The van der Waals surface area contributed by atoms with Gasteiger partial charge in [-0.1, -0.05) is 37.3 Å². The molecule has 20 heavy (non-hydrogen) atoms. The number of aldehydes is 1. The van der Waals surface area contributed by atoms with Gasteiger partial charge in [0.15, 0.2) is 0 Å². The van der Waals surface area contributed by atoms with E-state index in [0.717, 1.165) is 11.8 Å². The lowest BCUT2D eigenvalue weighted by atomic mass is 10.2. The molecule has 5 nitrogen and oxygen atoms in total. The molecule has 0 heterocycles. The van der Waals surface area contributed by atoms with Crippen LogP contribution >= 0.6 is 0 Å². The predicted molar refractivity (Wildman–Crippen MR) is 75.0 cm³/mol. The second-order valence-electron chi connectivity index (χ2n) is 5.12. The van der Waals surface area contributed by atoms with Crippen molar-refractivity contribution in [2.45, 2.75) is 33.1 Å². The normalized spacial score (nSPS) is 12.6. The van der Waals surface area contributed by atoms with Gasteiger partial charge in [-0.25, -0.2) is 4.79 Å². The van der Waals surface area contributed by atoms with Gasteiger partial charge in [0, 0.05) is 5.92 Å². The second-order valence-corrected chi connectivity index (χ2v) is 5.12. The summed E-state index contributed by atoms with van der Waals surface area (Å²) in [6.07, 6.45) is 0.252. The molecule has 0 unspecified atom stereocenters. The second kappa shape index (κ2) is 7.65. The van der Waals surface area contributed by atoms with Gasteiger partial charge in [0.1, 0.15) is 18.6 Å². The highest BCUT2D eigenvalue weighted by molar-refractivity contribution is 5.67. The summed E-state index contributed by atoms with van der Waals surface area (Å²) < 4.78 is 10.6. The van der Waals surface area contributed by atoms with Crippen molar-refractivity contribution in [1.82, 2.24) is 5.32 Å². The SMILES string of the molecule is C[C@@H](C=O)COC(C)(C)NC(=O)OCc1ccccc1. The average molecular weight is 279 g/mol. The van der Waals surface area contributed by atoms with Gasteiger partial charge in [-0.05, 0) is 19.4 Å². The molecule has 0 fully saturated rings. The van der Waals surface area contributed by atoms with E-state index in [4.69, 9.17) is 9.47 Å². The summed E-state index contributed by atoms with van der Waals surface area (Å²) in [6.45, 7) is 5.60. The number of ether oxygens (including phenoxy) is 2. The van der Waals surface area contributed by atoms with E-state index in [1.165, 1.54) is 0 Å². The van der Waals surface area contributed by atoms with Gasteiger partial charge in [-0.2, -0.15) is 0 Å². The molecule has 110 valence electrons. The molecule has 0 saturated carbocycles. The van der Waals surface area contributed by atoms with Crippen molar-refractivity contribution in [3.63, 3.8) is 0 Å². The summed E-state index contributed by atoms with van der Waals surface area (Å²) in [5, 5.41) is 2.61. The van der Waals surface area contributed by atoms with Crippen molar-refractivity contribution in [3.8, 4) is 0 Å². The van der Waals surface area contributed by atoms with Crippen LogP contribution in [-0.4, -0.2) is 24.7 Å². The lowest BCUT2D eigenvalue weighted by Crippen LogP contribution is -2.46. The number of alkyl carbamates (subject to hydrolysis) is 1. The Hall–Kier alpha value is -1.88. The molecule has 1 N–H and O–H groups in total. The zero-order valence-electron chi connectivity index (χ0n) is 12.1. The molecule has 1 aromatic rings. The van der Waals surface area contributed by atoms with E-state index >= 15 is 0 Å². The van der Waals surface area contributed by atoms with Crippen LogP contribution in [0.15, 0.2) is 30.3 Å². The third-order valence-corrected chi connectivity index (χ3v) is 2.56. The Bertz CT molecular complexity index is 431. The number of carbonyl (C=O) groups is 2. The number of hydrogen-bond acceptors (Lipinski definition) is 4. The first-order valence-corrected chi connectivity index (χ1v) is 6.51. The van der Waals surface area contributed by atoms with Crippen LogP contribution in [0, 0.1) is 5.92 Å². The molecule has 0 aromatic heterocycles. The maximum Gasteiger partial charge on any atom is 0.409 e.